The fourth-order valence-corrected chi connectivity index (χ4v) is 4.59. The van der Waals surface area contributed by atoms with E-state index in [0.717, 1.165) is 0 Å². The summed E-state index contributed by atoms with van der Waals surface area (Å²) in [6, 6.07) is 15.9. The summed E-state index contributed by atoms with van der Waals surface area (Å²) in [5, 5.41) is 17.8. The number of carbonyl (C=O) groups is 2. The number of nitriles is 1. The summed E-state index contributed by atoms with van der Waals surface area (Å²) < 4.78 is 10.4. The lowest BCUT2D eigenvalue weighted by atomic mass is 9.68. The summed E-state index contributed by atoms with van der Waals surface area (Å²) in [7, 11) is 1.24. The van der Waals surface area contributed by atoms with Gasteiger partial charge < -0.3 is 15.2 Å². The molecule has 9 nitrogen and oxygen atoms in total. The Morgan fingerprint density at radius 3 is 2.73 bits per heavy atom. The first kappa shape index (κ1) is 20.6. The minimum atomic E-state index is -1.67. The third kappa shape index (κ3) is 2.74. The number of esters is 1. The standard InChI is InChI=1S/C23H16ClN5O4/c1-32-17(30)11-29-16-5-3-2-4-14(16)23(22(29)31)15(10-25)20(26)33-21-18(23)19(27-28-21)12-6-8-13(24)9-7-12/h2-9H,11,26H2,1H3,(H,27,28). The van der Waals surface area contributed by atoms with Gasteiger partial charge in [0.2, 0.25) is 17.7 Å². The molecule has 10 heteroatoms. The quantitative estimate of drug-likeness (QED) is 0.572. The van der Waals surface area contributed by atoms with Crippen LogP contribution in [0, 0.1) is 11.3 Å². The molecule has 2 aliphatic heterocycles. The number of nitrogens with two attached hydrogens (primary N) is 1. The number of rotatable bonds is 3. The van der Waals surface area contributed by atoms with E-state index in [1.54, 1.807) is 48.5 Å². The molecule has 164 valence electrons. The average molecular weight is 462 g/mol. The van der Waals surface area contributed by atoms with Gasteiger partial charge in [-0.05, 0) is 18.2 Å². The van der Waals surface area contributed by atoms with Gasteiger partial charge in [0.15, 0.2) is 0 Å². The van der Waals surface area contributed by atoms with Crippen LogP contribution in [0.1, 0.15) is 11.1 Å². The number of benzene rings is 2. The van der Waals surface area contributed by atoms with Crippen molar-refractivity contribution in [2.45, 2.75) is 5.41 Å². The number of para-hydroxylation sites is 1. The smallest absolute Gasteiger partial charge is 0.325 e. The van der Waals surface area contributed by atoms with Gasteiger partial charge in [-0.1, -0.05) is 41.9 Å². The van der Waals surface area contributed by atoms with Gasteiger partial charge >= 0.3 is 5.97 Å². The minimum Gasteiger partial charge on any atom is -0.468 e. The topological polar surface area (TPSA) is 134 Å². The molecule has 3 N–H and O–H groups in total. The number of aromatic amines is 1. The van der Waals surface area contributed by atoms with Crippen molar-refractivity contribution in [2.24, 2.45) is 5.73 Å². The zero-order valence-electron chi connectivity index (χ0n) is 17.3. The number of fused-ring (bicyclic) bond motifs is 4. The zero-order valence-corrected chi connectivity index (χ0v) is 18.0. The molecule has 0 bridgehead atoms. The van der Waals surface area contributed by atoms with Crippen molar-refractivity contribution in [2.75, 3.05) is 18.6 Å². The molecule has 0 saturated carbocycles. The number of methoxy groups -OCH3 is 1. The Labute approximate surface area is 193 Å². The molecule has 0 fully saturated rings. The third-order valence-electron chi connectivity index (χ3n) is 5.86. The number of aromatic nitrogens is 2. The van der Waals surface area contributed by atoms with Crippen LogP contribution in [-0.2, 0) is 19.7 Å². The molecule has 0 aliphatic carbocycles. The molecule has 1 spiro atoms. The monoisotopic (exact) mass is 461 g/mol. The number of nitrogens with one attached hydrogen (secondary N) is 1. The average Bonchev–Trinajstić information content (AvgIpc) is 3.34. The summed E-state index contributed by atoms with van der Waals surface area (Å²) in [5.41, 5.74) is 6.78. The molecule has 3 aromatic rings. The molecular formula is C23H16ClN5O4. The van der Waals surface area contributed by atoms with E-state index in [0.29, 0.717) is 33.1 Å². The Balaban J connectivity index is 1.85. The Kier molecular flexibility index (Phi) is 4.62. The van der Waals surface area contributed by atoms with Crippen LogP contribution in [0.2, 0.25) is 5.02 Å². The molecule has 5 rings (SSSR count). The molecule has 1 amide bonds. The Morgan fingerprint density at radius 2 is 2.03 bits per heavy atom. The van der Waals surface area contributed by atoms with Crippen molar-refractivity contribution in [1.82, 2.24) is 10.2 Å². The van der Waals surface area contributed by atoms with E-state index in [1.807, 2.05) is 0 Å². The van der Waals surface area contributed by atoms with Crippen LogP contribution in [0.15, 0.2) is 60.0 Å². The highest BCUT2D eigenvalue weighted by Crippen LogP contribution is 2.56. The summed E-state index contributed by atoms with van der Waals surface area (Å²) in [5.74, 6) is -1.31. The van der Waals surface area contributed by atoms with E-state index in [9.17, 15) is 14.9 Å². The Morgan fingerprint density at radius 1 is 1.30 bits per heavy atom. The van der Waals surface area contributed by atoms with Crippen molar-refractivity contribution in [1.29, 1.82) is 5.26 Å². The van der Waals surface area contributed by atoms with Gasteiger partial charge in [-0.25, -0.2) is 0 Å². The van der Waals surface area contributed by atoms with Crippen molar-refractivity contribution >= 4 is 29.2 Å². The first-order valence-corrected chi connectivity index (χ1v) is 10.2. The molecule has 33 heavy (non-hydrogen) atoms. The molecule has 0 radical (unpaired) electrons. The lowest BCUT2D eigenvalue weighted by Gasteiger charge is -2.32. The summed E-state index contributed by atoms with van der Waals surface area (Å²) in [6.45, 7) is -0.336. The molecule has 3 heterocycles. The van der Waals surface area contributed by atoms with Gasteiger partial charge in [-0.3, -0.25) is 19.6 Å². The van der Waals surface area contributed by atoms with E-state index in [1.165, 1.54) is 12.0 Å². The molecule has 1 unspecified atom stereocenters. The van der Waals surface area contributed by atoms with E-state index in [2.05, 4.69) is 16.3 Å². The van der Waals surface area contributed by atoms with Crippen LogP contribution >= 0.6 is 11.6 Å². The molecule has 1 aromatic heterocycles. The first-order valence-electron chi connectivity index (χ1n) is 9.84. The fourth-order valence-electron chi connectivity index (χ4n) is 4.46. The lowest BCUT2D eigenvalue weighted by Crippen LogP contribution is -2.47. The van der Waals surface area contributed by atoms with Crippen LogP contribution in [0.25, 0.3) is 11.3 Å². The van der Waals surface area contributed by atoms with Crippen LogP contribution in [0.5, 0.6) is 5.88 Å². The maximum atomic E-state index is 14.2. The molecule has 2 aromatic carbocycles. The lowest BCUT2D eigenvalue weighted by molar-refractivity contribution is -0.140. The van der Waals surface area contributed by atoms with E-state index >= 15 is 0 Å². The van der Waals surface area contributed by atoms with Crippen molar-refractivity contribution < 1.29 is 19.1 Å². The second-order valence-corrected chi connectivity index (χ2v) is 7.91. The maximum absolute atomic E-state index is 14.2. The van der Waals surface area contributed by atoms with Crippen molar-refractivity contribution in [3.05, 3.63) is 76.1 Å². The van der Waals surface area contributed by atoms with E-state index in [-0.39, 0.29) is 23.9 Å². The summed E-state index contributed by atoms with van der Waals surface area (Å²) in [6.07, 6.45) is 0. The number of hydrogen-bond donors (Lipinski definition) is 2. The highest BCUT2D eigenvalue weighted by atomic mass is 35.5. The van der Waals surface area contributed by atoms with E-state index in [4.69, 9.17) is 26.8 Å². The number of hydrogen-bond acceptors (Lipinski definition) is 7. The summed E-state index contributed by atoms with van der Waals surface area (Å²) >= 11 is 6.05. The maximum Gasteiger partial charge on any atom is 0.325 e. The highest BCUT2D eigenvalue weighted by Gasteiger charge is 2.61. The minimum absolute atomic E-state index is 0.0690. The summed E-state index contributed by atoms with van der Waals surface area (Å²) in [4.78, 5) is 27.6. The van der Waals surface area contributed by atoms with Gasteiger partial charge in [-0.15, -0.1) is 5.10 Å². The highest BCUT2D eigenvalue weighted by molar-refractivity contribution is 6.30. The van der Waals surface area contributed by atoms with Gasteiger partial charge in [0, 0.05) is 21.8 Å². The first-order chi connectivity index (χ1) is 15.9. The van der Waals surface area contributed by atoms with Gasteiger partial charge in [0.1, 0.15) is 23.6 Å². The molecule has 2 aliphatic rings. The SMILES string of the molecule is COC(=O)CN1C(=O)C2(C(C#N)=C(N)Oc3n[nH]c(-c4ccc(Cl)cc4)c32)c2ccccc21. The van der Waals surface area contributed by atoms with Crippen LogP contribution in [-0.4, -0.2) is 35.7 Å². The van der Waals surface area contributed by atoms with Gasteiger partial charge in [-0.2, -0.15) is 5.26 Å². The second kappa shape index (κ2) is 7.39. The number of anilines is 1. The predicted octanol–water partition coefficient (Wildman–Crippen LogP) is 2.62. The number of nitrogens with zero attached hydrogens (tertiary/aromatic N) is 3. The van der Waals surface area contributed by atoms with Crippen molar-refractivity contribution in [3.63, 3.8) is 0 Å². The Hall–Kier alpha value is -4.29. The van der Waals surface area contributed by atoms with Crippen LogP contribution in [0.3, 0.4) is 0 Å². The normalized spacial score (nSPS) is 18.6. The molecule has 1 atom stereocenters. The van der Waals surface area contributed by atoms with Crippen LogP contribution in [0.4, 0.5) is 5.69 Å². The largest absolute Gasteiger partial charge is 0.468 e. The number of H-pyrrole nitrogens is 1. The van der Waals surface area contributed by atoms with Crippen LogP contribution < -0.4 is 15.4 Å². The van der Waals surface area contributed by atoms with Crippen molar-refractivity contribution in [3.8, 4) is 23.2 Å². The number of ether oxygens (including phenoxy) is 2. The van der Waals surface area contributed by atoms with Gasteiger partial charge in [0.05, 0.1) is 18.4 Å². The fraction of sp³-hybridized carbons (Fsp3) is 0.130. The number of carbonyl (C=O) groups excluding carboxylic acids is 2. The Bertz CT molecular complexity index is 1390. The number of halogens is 1. The third-order valence-corrected chi connectivity index (χ3v) is 6.11. The zero-order chi connectivity index (χ0) is 23.3. The predicted molar refractivity (Wildman–Crippen MR) is 118 cm³/mol. The molecule has 0 saturated heterocycles. The second-order valence-electron chi connectivity index (χ2n) is 7.47. The molecular weight excluding hydrogens is 446 g/mol. The number of amides is 1. The van der Waals surface area contributed by atoms with E-state index < -0.39 is 17.3 Å². The van der Waals surface area contributed by atoms with Gasteiger partial charge in [0.25, 0.3) is 0 Å².